The van der Waals surface area contributed by atoms with E-state index in [1.807, 2.05) is 18.2 Å². The van der Waals surface area contributed by atoms with Gasteiger partial charge in [-0.15, -0.1) is 19.7 Å². The molecule has 0 spiro atoms. The Hall–Kier alpha value is -0.250. The van der Waals surface area contributed by atoms with E-state index < -0.39 is 0 Å². The molecular weight excluding hydrogens is 184 g/mol. The molecule has 0 saturated carbocycles. The van der Waals surface area contributed by atoms with Gasteiger partial charge < -0.3 is 0 Å². The Bertz CT molecular complexity index is 165. The van der Waals surface area contributed by atoms with E-state index in [4.69, 9.17) is 0 Å². The first-order valence-electron chi connectivity index (χ1n) is 3.80. The molecule has 12 heavy (non-hydrogen) atoms. The predicted octanol–water partition coefficient (Wildman–Crippen LogP) is 4.07. The third-order valence-electron chi connectivity index (χ3n) is 1.08. The quantitative estimate of drug-likeness (QED) is 0.433. The van der Waals surface area contributed by atoms with E-state index >= 15 is 0 Å². The number of rotatable bonds is 7. The Morgan fingerprint density at radius 3 is 2.08 bits per heavy atom. The first kappa shape index (κ1) is 11.8. The van der Waals surface area contributed by atoms with Crippen molar-refractivity contribution >= 4 is 16.4 Å². The molecule has 66 valence electrons. The molecule has 0 amide bonds. The van der Waals surface area contributed by atoms with Crippen molar-refractivity contribution in [3.05, 3.63) is 38.0 Å². The summed E-state index contributed by atoms with van der Waals surface area (Å²) in [7, 11) is 0.883. The smallest absolute Gasteiger partial charge is 0.0283 e. The zero-order valence-electron chi connectivity index (χ0n) is 7.32. The summed E-state index contributed by atoms with van der Waals surface area (Å²) in [5.41, 5.74) is 0. The van der Waals surface area contributed by atoms with Crippen LogP contribution in [0.3, 0.4) is 0 Å². The molecule has 0 bridgehead atoms. The summed E-state index contributed by atoms with van der Waals surface area (Å²) in [5.74, 6) is 0. The Labute approximate surface area is 78.0 Å². The fourth-order valence-electron chi connectivity index (χ4n) is 0.629. The van der Waals surface area contributed by atoms with Crippen molar-refractivity contribution in [1.29, 1.82) is 0 Å². The molecule has 0 rings (SSSR count). The van der Waals surface area contributed by atoms with Crippen LogP contribution in [0.5, 0.6) is 0 Å². The van der Waals surface area contributed by atoms with Gasteiger partial charge in [-0.3, -0.25) is 0 Å². The zero-order valence-corrected chi connectivity index (χ0v) is 9.11. The largest absolute Gasteiger partial charge is 0.245 e. The first-order valence-corrected chi connectivity index (χ1v) is 6.50. The van der Waals surface area contributed by atoms with Crippen LogP contribution in [0.25, 0.3) is 0 Å². The van der Waals surface area contributed by atoms with Crippen molar-refractivity contribution in [1.82, 2.24) is 0 Å². The van der Waals surface area contributed by atoms with Crippen LogP contribution in [0.2, 0.25) is 0 Å². The molecule has 1 nitrogen and oxygen atoms in total. The van der Waals surface area contributed by atoms with Gasteiger partial charge in [0.15, 0.2) is 0 Å². The van der Waals surface area contributed by atoms with E-state index in [1.165, 1.54) is 0 Å². The summed E-state index contributed by atoms with van der Waals surface area (Å²) in [4.78, 5) is 0. The number of hydrogen-bond donors (Lipinski definition) is 0. The highest BCUT2D eigenvalue weighted by Crippen LogP contribution is 2.40. The molecule has 0 aromatic heterocycles. The van der Waals surface area contributed by atoms with Gasteiger partial charge in [0.25, 0.3) is 0 Å². The van der Waals surface area contributed by atoms with Gasteiger partial charge in [0, 0.05) is 34.9 Å². The van der Waals surface area contributed by atoms with Gasteiger partial charge in [0.2, 0.25) is 0 Å². The molecule has 0 heterocycles. The topological polar surface area (TPSA) is 12.4 Å². The standard InChI is InChI=1S/C9H15NP2/c1-4-7-11-10-12(8-5-2)9-6-3/h4-6H,1-3,7-9H2. The van der Waals surface area contributed by atoms with Crippen LogP contribution in [0.15, 0.2) is 42.5 Å². The maximum Gasteiger partial charge on any atom is 0.0283 e. The highest BCUT2D eigenvalue weighted by Gasteiger charge is 1.98. The average Bonchev–Trinajstić information content (AvgIpc) is 2.06. The number of hydrogen-bond acceptors (Lipinski definition) is 1. The monoisotopic (exact) mass is 199 g/mol. The maximum absolute atomic E-state index is 4.52. The normalized spacial score (nSPS) is 10.4. The number of allylic oxidation sites excluding steroid dienone is 3. The molecule has 0 aromatic carbocycles. The van der Waals surface area contributed by atoms with Crippen LogP contribution in [0.4, 0.5) is 0 Å². The summed E-state index contributed by atoms with van der Waals surface area (Å²) in [5, 5.41) is 0. The van der Waals surface area contributed by atoms with Crippen molar-refractivity contribution in [2.75, 3.05) is 18.5 Å². The van der Waals surface area contributed by atoms with E-state index in [-0.39, 0.29) is 8.07 Å². The van der Waals surface area contributed by atoms with Crippen LogP contribution >= 0.6 is 16.4 Å². The van der Waals surface area contributed by atoms with Crippen molar-refractivity contribution in [2.45, 2.75) is 0 Å². The fourth-order valence-corrected chi connectivity index (χ4v) is 3.08. The Kier molecular flexibility index (Phi) is 8.66. The fraction of sp³-hybridized carbons (Fsp3) is 0.333. The summed E-state index contributed by atoms with van der Waals surface area (Å²) < 4.78 is 4.52. The lowest BCUT2D eigenvalue weighted by atomic mass is 10.8. The van der Waals surface area contributed by atoms with Gasteiger partial charge in [0.1, 0.15) is 0 Å². The summed E-state index contributed by atoms with van der Waals surface area (Å²) >= 11 is 0. The molecule has 0 radical (unpaired) electrons. The van der Waals surface area contributed by atoms with Gasteiger partial charge in [-0.1, -0.05) is 18.2 Å². The average molecular weight is 199 g/mol. The second kappa shape index (κ2) is 8.84. The van der Waals surface area contributed by atoms with Crippen LogP contribution < -0.4 is 0 Å². The minimum atomic E-state index is -0.244. The van der Waals surface area contributed by atoms with Crippen LogP contribution in [0, 0.1) is 0 Å². The lowest BCUT2D eigenvalue weighted by Crippen LogP contribution is -1.78. The van der Waals surface area contributed by atoms with Crippen molar-refractivity contribution in [2.24, 2.45) is 4.52 Å². The lowest BCUT2D eigenvalue weighted by molar-refractivity contribution is 1.62. The molecule has 0 fully saturated rings. The van der Waals surface area contributed by atoms with E-state index in [1.54, 1.807) is 0 Å². The molecule has 0 aliphatic heterocycles. The second-order valence-corrected chi connectivity index (χ2v) is 5.26. The molecule has 0 aliphatic carbocycles. The molecule has 0 N–H and O–H groups in total. The third-order valence-corrected chi connectivity index (χ3v) is 4.38. The van der Waals surface area contributed by atoms with Crippen molar-refractivity contribution in [3.8, 4) is 0 Å². The highest BCUT2D eigenvalue weighted by atomic mass is 31.2. The molecule has 0 unspecified atom stereocenters. The van der Waals surface area contributed by atoms with Gasteiger partial charge in [-0.05, 0) is 0 Å². The Morgan fingerprint density at radius 2 is 1.67 bits per heavy atom. The zero-order chi connectivity index (χ0) is 9.23. The summed E-state index contributed by atoms with van der Waals surface area (Å²) in [6.07, 6.45) is 8.72. The molecule has 0 saturated heterocycles. The minimum absolute atomic E-state index is 0.244. The van der Waals surface area contributed by atoms with Crippen LogP contribution in [-0.2, 0) is 0 Å². The van der Waals surface area contributed by atoms with Gasteiger partial charge >= 0.3 is 0 Å². The number of nitrogens with zero attached hydrogens (tertiary/aromatic N) is 1. The van der Waals surface area contributed by atoms with Crippen LogP contribution in [-0.4, -0.2) is 18.5 Å². The van der Waals surface area contributed by atoms with Crippen molar-refractivity contribution in [3.63, 3.8) is 0 Å². The van der Waals surface area contributed by atoms with Gasteiger partial charge in [-0.25, -0.2) is 4.52 Å². The summed E-state index contributed by atoms with van der Waals surface area (Å²) in [6.45, 7) is 11.1. The predicted molar refractivity (Wildman–Crippen MR) is 61.5 cm³/mol. The molecule has 3 heteroatoms. The molecular formula is C9H15NP2. The first-order chi connectivity index (χ1) is 5.85. The van der Waals surface area contributed by atoms with E-state index in [0.29, 0.717) is 0 Å². The summed E-state index contributed by atoms with van der Waals surface area (Å²) in [6, 6.07) is 0. The van der Waals surface area contributed by atoms with E-state index in [9.17, 15) is 0 Å². The third kappa shape index (κ3) is 6.46. The highest BCUT2D eigenvalue weighted by molar-refractivity contribution is 7.60. The van der Waals surface area contributed by atoms with Crippen molar-refractivity contribution < 1.29 is 0 Å². The van der Waals surface area contributed by atoms with Crippen LogP contribution in [0.1, 0.15) is 0 Å². The van der Waals surface area contributed by atoms with Gasteiger partial charge in [0.05, 0.1) is 0 Å². The molecule has 0 aliphatic rings. The van der Waals surface area contributed by atoms with Gasteiger partial charge in [-0.2, -0.15) is 0 Å². The molecule has 0 atom stereocenters. The Balaban J connectivity index is 3.82. The molecule has 0 aromatic rings. The second-order valence-electron chi connectivity index (χ2n) is 2.15. The Morgan fingerprint density at radius 1 is 1.08 bits per heavy atom. The maximum atomic E-state index is 4.52. The van der Waals surface area contributed by atoms with E-state index in [2.05, 4.69) is 24.3 Å². The minimum Gasteiger partial charge on any atom is -0.245 e. The lowest BCUT2D eigenvalue weighted by Gasteiger charge is -2.04. The van der Waals surface area contributed by atoms with E-state index in [0.717, 1.165) is 26.9 Å². The SMILES string of the molecule is C=CCP=NP(CC=C)CC=C.